The lowest BCUT2D eigenvalue weighted by Crippen LogP contribution is -2.37. The Morgan fingerprint density at radius 2 is 2.04 bits per heavy atom. The Labute approximate surface area is 144 Å². The van der Waals surface area contributed by atoms with E-state index >= 15 is 0 Å². The fourth-order valence-electron chi connectivity index (χ4n) is 3.09. The van der Waals surface area contributed by atoms with Crippen LogP contribution in [0.3, 0.4) is 0 Å². The van der Waals surface area contributed by atoms with Crippen molar-refractivity contribution >= 4 is 33.7 Å². The maximum atomic E-state index is 4.65. The molecule has 5 rings (SSSR count). The summed E-state index contributed by atoms with van der Waals surface area (Å²) in [5.41, 5.74) is 3.85. The molecule has 0 atom stereocenters. The van der Waals surface area contributed by atoms with E-state index in [1.165, 1.54) is 17.4 Å². The summed E-state index contributed by atoms with van der Waals surface area (Å²) in [6, 6.07) is 12.5. The molecular formula is C19H18N6. The molecule has 1 aliphatic rings. The third kappa shape index (κ3) is 2.65. The molecule has 4 aromatic rings. The van der Waals surface area contributed by atoms with Crippen LogP contribution in [0, 0.1) is 0 Å². The van der Waals surface area contributed by atoms with Gasteiger partial charge in [0.05, 0.1) is 6.20 Å². The second-order valence-corrected chi connectivity index (χ2v) is 6.36. The average Bonchev–Trinajstić information content (AvgIpc) is 3.06. The van der Waals surface area contributed by atoms with Crippen molar-refractivity contribution < 1.29 is 0 Å². The van der Waals surface area contributed by atoms with Crippen LogP contribution in [0.15, 0.2) is 48.8 Å². The predicted molar refractivity (Wildman–Crippen MR) is 99.8 cm³/mol. The highest BCUT2D eigenvalue weighted by molar-refractivity contribution is 5.80. The second kappa shape index (κ2) is 5.73. The van der Waals surface area contributed by atoms with E-state index in [1.807, 2.05) is 18.3 Å². The molecule has 1 saturated heterocycles. The minimum atomic E-state index is 0.689. The van der Waals surface area contributed by atoms with Gasteiger partial charge in [0.15, 0.2) is 5.65 Å². The molecule has 6 heteroatoms. The molecule has 0 aliphatic carbocycles. The van der Waals surface area contributed by atoms with E-state index in [4.69, 9.17) is 0 Å². The van der Waals surface area contributed by atoms with Crippen LogP contribution in [-0.4, -0.2) is 33.0 Å². The lowest BCUT2D eigenvalue weighted by atomic mass is 10.1. The molecule has 2 N–H and O–H groups in total. The van der Waals surface area contributed by atoms with Gasteiger partial charge in [-0.15, -0.1) is 0 Å². The number of benzene rings is 1. The molecule has 124 valence electrons. The topological polar surface area (TPSA) is 69.7 Å². The van der Waals surface area contributed by atoms with Crippen molar-refractivity contribution in [2.24, 2.45) is 0 Å². The number of hydrogen-bond acceptors (Lipinski definition) is 5. The van der Waals surface area contributed by atoms with Gasteiger partial charge < -0.3 is 15.2 Å². The number of fused-ring (bicyclic) bond motifs is 2. The Balaban J connectivity index is 1.38. The van der Waals surface area contributed by atoms with Gasteiger partial charge in [0.25, 0.3) is 0 Å². The summed E-state index contributed by atoms with van der Waals surface area (Å²) in [7, 11) is 0. The van der Waals surface area contributed by atoms with Gasteiger partial charge in [-0.05, 0) is 41.6 Å². The molecule has 0 spiro atoms. The van der Waals surface area contributed by atoms with Crippen LogP contribution in [0.5, 0.6) is 0 Å². The third-order valence-corrected chi connectivity index (χ3v) is 4.67. The molecular weight excluding hydrogens is 312 g/mol. The van der Waals surface area contributed by atoms with Gasteiger partial charge in [-0.1, -0.05) is 12.1 Å². The Hall–Kier alpha value is -3.15. The number of rotatable bonds is 4. The summed E-state index contributed by atoms with van der Waals surface area (Å²) in [6.45, 7) is 2.84. The highest BCUT2D eigenvalue weighted by Crippen LogP contribution is 2.21. The molecule has 3 aromatic heterocycles. The molecule has 25 heavy (non-hydrogen) atoms. The summed E-state index contributed by atoms with van der Waals surface area (Å²) >= 11 is 0. The van der Waals surface area contributed by atoms with Crippen LogP contribution >= 0.6 is 0 Å². The predicted octanol–water partition coefficient (Wildman–Crippen LogP) is 3.33. The van der Waals surface area contributed by atoms with Gasteiger partial charge >= 0.3 is 0 Å². The summed E-state index contributed by atoms with van der Waals surface area (Å²) in [5.74, 6) is 1.73. The monoisotopic (exact) mass is 330 g/mol. The van der Waals surface area contributed by atoms with Crippen LogP contribution in [0.4, 0.5) is 11.6 Å². The van der Waals surface area contributed by atoms with Gasteiger partial charge in [0.2, 0.25) is 0 Å². The molecule has 0 unspecified atom stereocenters. The molecule has 0 saturated carbocycles. The number of aromatic nitrogens is 4. The summed E-state index contributed by atoms with van der Waals surface area (Å²) in [5, 5.41) is 4.56. The highest BCUT2D eigenvalue weighted by atomic mass is 15.2. The SMILES string of the molecule is c1cc2ccc(CNc3cnc4ccc(N5CCC5)nc4n3)cc2[nH]1. The van der Waals surface area contributed by atoms with E-state index in [1.54, 1.807) is 6.20 Å². The Morgan fingerprint density at radius 1 is 1.08 bits per heavy atom. The van der Waals surface area contributed by atoms with E-state index in [-0.39, 0.29) is 0 Å². The first-order chi connectivity index (χ1) is 12.3. The molecule has 4 heterocycles. The van der Waals surface area contributed by atoms with Crippen molar-refractivity contribution in [3.05, 3.63) is 54.4 Å². The van der Waals surface area contributed by atoms with Gasteiger partial charge in [-0.25, -0.2) is 15.0 Å². The van der Waals surface area contributed by atoms with Crippen molar-refractivity contribution in [1.29, 1.82) is 0 Å². The summed E-state index contributed by atoms with van der Waals surface area (Å²) < 4.78 is 0. The summed E-state index contributed by atoms with van der Waals surface area (Å²) in [6.07, 6.45) is 4.96. The first kappa shape index (κ1) is 14.2. The first-order valence-corrected chi connectivity index (χ1v) is 8.54. The lowest BCUT2D eigenvalue weighted by molar-refractivity contribution is 0.610. The minimum Gasteiger partial charge on any atom is -0.365 e. The van der Waals surface area contributed by atoms with Crippen molar-refractivity contribution in [2.45, 2.75) is 13.0 Å². The molecule has 0 amide bonds. The smallest absolute Gasteiger partial charge is 0.182 e. The third-order valence-electron chi connectivity index (χ3n) is 4.67. The van der Waals surface area contributed by atoms with E-state index in [9.17, 15) is 0 Å². The summed E-state index contributed by atoms with van der Waals surface area (Å²) in [4.78, 5) is 19.2. The zero-order valence-electron chi connectivity index (χ0n) is 13.7. The molecule has 0 radical (unpaired) electrons. The van der Waals surface area contributed by atoms with E-state index in [0.29, 0.717) is 12.2 Å². The molecule has 0 bridgehead atoms. The van der Waals surface area contributed by atoms with Crippen molar-refractivity contribution in [3.8, 4) is 0 Å². The van der Waals surface area contributed by atoms with E-state index in [2.05, 4.69) is 54.4 Å². The second-order valence-electron chi connectivity index (χ2n) is 6.36. The van der Waals surface area contributed by atoms with Crippen LogP contribution < -0.4 is 10.2 Å². The number of nitrogens with zero attached hydrogens (tertiary/aromatic N) is 4. The standard InChI is InChI=1S/C19H18N6/c1-8-25(9-1)18-5-4-15-19(24-18)23-17(12-21-15)22-11-13-2-3-14-6-7-20-16(14)10-13/h2-7,10,12,20H,1,8-9,11H2,(H,22,23,24). The zero-order valence-corrected chi connectivity index (χ0v) is 13.7. The van der Waals surface area contributed by atoms with Crippen molar-refractivity contribution in [1.82, 2.24) is 19.9 Å². The maximum Gasteiger partial charge on any atom is 0.182 e. The fourth-order valence-corrected chi connectivity index (χ4v) is 3.09. The molecule has 6 nitrogen and oxygen atoms in total. The van der Waals surface area contributed by atoms with Crippen LogP contribution in [0.1, 0.15) is 12.0 Å². The quantitative estimate of drug-likeness (QED) is 0.601. The number of aromatic amines is 1. The van der Waals surface area contributed by atoms with Crippen LogP contribution in [0.2, 0.25) is 0 Å². The lowest BCUT2D eigenvalue weighted by Gasteiger charge is -2.31. The van der Waals surface area contributed by atoms with E-state index < -0.39 is 0 Å². The molecule has 1 fully saturated rings. The highest BCUT2D eigenvalue weighted by Gasteiger charge is 2.16. The van der Waals surface area contributed by atoms with Gasteiger partial charge in [-0.3, -0.25) is 0 Å². The van der Waals surface area contributed by atoms with Crippen LogP contribution in [-0.2, 0) is 6.54 Å². The van der Waals surface area contributed by atoms with Crippen molar-refractivity contribution in [2.75, 3.05) is 23.3 Å². The Bertz CT molecular complexity index is 1050. The number of anilines is 2. The number of hydrogen-bond donors (Lipinski definition) is 2. The Morgan fingerprint density at radius 3 is 2.92 bits per heavy atom. The Kier molecular flexibility index (Phi) is 3.26. The number of pyridine rings is 1. The average molecular weight is 330 g/mol. The molecule has 1 aromatic carbocycles. The first-order valence-electron chi connectivity index (χ1n) is 8.54. The van der Waals surface area contributed by atoms with E-state index in [0.717, 1.165) is 35.8 Å². The molecule has 1 aliphatic heterocycles. The fraction of sp³-hybridized carbons (Fsp3) is 0.211. The zero-order chi connectivity index (χ0) is 16.6. The van der Waals surface area contributed by atoms with Crippen molar-refractivity contribution in [3.63, 3.8) is 0 Å². The van der Waals surface area contributed by atoms with Gasteiger partial charge in [-0.2, -0.15) is 0 Å². The minimum absolute atomic E-state index is 0.689. The largest absolute Gasteiger partial charge is 0.365 e. The normalized spacial score (nSPS) is 14.0. The van der Waals surface area contributed by atoms with Gasteiger partial charge in [0.1, 0.15) is 17.2 Å². The maximum absolute atomic E-state index is 4.65. The number of H-pyrrole nitrogens is 1. The van der Waals surface area contributed by atoms with Crippen LogP contribution in [0.25, 0.3) is 22.1 Å². The van der Waals surface area contributed by atoms with Gasteiger partial charge in [0, 0.05) is 31.3 Å². The number of nitrogens with one attached hydrogen (secondary N) is 2.